The van der Waals surface area contributed by atoms with Gasteiger partial charge in [-0.25, -0.2) is 9.37 Å². The number of nitrogens with one attached hydrogen (secondary N) is 1. The second kappa shape index (κ2) is 9.46. The number of carbonyl (C=O) groups is 1. The van der Waals surface area contributed by atoms with Gasteiger partial charge in [0.05, 0.1) is 11.4 Å². The zero-order valence-electron chi connectivity index (χ0n) is 16.3. The van der Waals surface area contributed by atoms with Crippen molar-refractivity contribution in [1.82, 2.24) is 4.98 Å². The maximum atomic E-state index is 14.1. The molecule has 1 heterocycles. The van der Waals surface area contributed by atoms with Crippen LogP contribution in [0.5, 0.6) is 0 Å². The number of carbonyl (C=O) groups excluding carboxylic acids is 1. The summed E-state index contributed by atoms with van der Waals surface area (Å²) in [7, 11) is 0. The third-order valence-electron chi connectivity index (χ3n) is 4.80. The molecular weight excluding hydrogens is 395 g/mol. The van der Waals surface area contributed by atoms with Crippen molar-refractivity contribution in [3.05, 3.63) is 95.6 Å². The Kier molecular flexibility index (Phi) is 6.30. The minimum atomic E-state index is -0.293. The Bertz CT molecular complexity index is 1140. The third kappa shape index (κ3) is 4.81. The monoisotopic (exact) mass is 416 g/mol. The predicted molar refractivity (Wildman–Crippen MR) is 121 cm³/mol. The van der Waals surface area contributed by atoms with Crippen LogP contribution in [-0.4, -0.2) is 10.9 Å². The van der Waals surface area contributed by atoms with E-state index in [0.717, 1.165) is 24.1 Å². The van der Waals surface area contributed by atoms with Crippen LogP contribution in [0.3, 0.4) is 0 Å². The van der Waals surface area contributed by atoms with Crippen molar-refractivity contribution in [2.45, 2.75) is 19.3 Å². The van der Waals surface area contributed by atoms with Crippen LogP contribution in [0.1, 0.15) is 18.4 Å². The molecule has 30 heavy (non-hydrogen) atoms. The molecule has 0 atom stereocenters. The van der Waals surface area contributed by atoms with Crippen molar-refractivity contribution >= 4 is 22.9 Å². The number of thiazole rings is 1. The molecule has 0 bridgehead atoms. The lowest BCUT2D eigenvalue weighted by Gasteiger charge is -2.10. The number of aromatic nitrogens is 1. The van der Waals surface area contributed by atoms with Gasteiger partial charge in [-0.1, -0.05) is 60.7 Å². The largest absolute Gasteiger partial charge is 0.325 e. The van der Waals surface area contributed by atoms with Crippen molar-refractivity contribution in [2.75, 3.05) is 5.32 Å². The quantitative estimate of drug-likeness (QED) is 0.370. The maximum absolute atomic E-state index is 14.1. The highest BCUT2D eigenvalue weighted by atomic mass is 32.1. The smallest absolute Gasteiger partial charge is 0.224 e. The minimum Gasteiger partial charge on any atom is -0.325 e. The summed E-state index contributed by atoms with van der Waals surface area (Å²) in [6.45, 7) is 0. The fourth-order valence-electron chi connectivity index (χ4n) is 3.28. The highest BCUT2D eigenvalue weighted by Gasteiger charge is 2.14. The Labute approximate surface area is 179 Å². The Hall–Kier alpha value is -3.31. The third-order valence-corrected chi connectivity index (χ3v) is 5.67. The number of halogens is 1. The molecule has 1 aromatic heterocycles. The molecule has 5 heteroatoms. The van der Waals surface area contributed by atoms with Crippen molar-refractivity contribution < 1.29 is 9.18 Å². The number of hydrogen-bond acceptors (Lipinski definition) is 3. The Morgan fingerprint density at radius 1 is 0.900 bits per heavy atom. The van der Waals surface area contributed by atoms with Crippen molar-refractivity contribution in [3.63, 3.8) is 0 Å². The van der Waals surface area contributed by atoms with E-state index in [1.54, 1.807) is 18.2 Å². The summed E-state index contributed by atoms with van der Waals surface area (Å²) in [6.07, 6.45) is 2.10. The van der Waals surface area contributed by atoms with Gasteiger partial charge in [0.1, 0.15) is 10.8 Å². The van der Waals surface area contributed by atoms with E-state index in [-0.39, 0.29) is 11.7 Å². The number of amides is 1. The Balaban J connectivity index is 1.45. The highest BCUT2D eigenvalue weighted by molar-refractivity contribution is 7.13. The van der Waals surface area contributed by atoms with E-state index in [9.17, 15) is 9.18 Å². The molecule has 0 aliphatic carbocycles. The molecule has 0 spiro atoms. The molecule has 4 aromatic rings. The van der Waals surface area contributed by atoms with Crippen LogP contribution >= 0.6 is 11.3 Å². The van der Waals surface area contributed by atoms with Crippen molar-refractivity contribution in [1.29, 1.82) is 0 Å². The maximum Gasteiger partial charge on any atom is 0.224 e. The molecular formula is C25H21FN2OS. The Morgan fingerprint density at radius 2 is 1.60 bits per heavy atom. The molecule has 1 N–H and O–H groups in total. The van der Waals surface area contributed by atoms with Gasteiger partial charge in [0, 0.05) is 22.9 Å². The first-order valence-electron chi connectivity index (χ1n) is 9.84. The van der Waals surface area contributed by atoms with Crippen molar-refractivity contribution in [2.24, 2.45) is 0 Å². The van der Waals surface area contributed by atoms with Crippen LogP contribution in [-0.2, 0) is 11.2 Å². The van der Waals surface area contributed by atoms with Crippen LogP contribution in [0.2, 0.25) is 0 Å². The molecule has 0 saturated carbocycles. The second-order valence-corrected chi connectivity index (χ2v) is 7.81. The summed E-state index contributed by atoms with van der Waals surface area (Å²) in [5, 5.41) is 5.52. The summed E-state index contributed by atoms with van der Waals surface area (Å²) in [5.41, 5.74) is 3.98. The van der Waals surface area contributed by atoms with Crippen molar-refractivity contribution in [3.8, 4) is 21.8 Å². The molecule has 3 nitrogen and oxygen atoms in total. The molecule has 0 fully saturated rings. The van der Waals surface area contributed by atoms with E-state index in [0.29, 0.717) is 22.7 Å². The van der Waals surface area contributed by atoms with Crippen LogP contribution < -0.4 is 5.32 Å². The normalized spacial score (nSPS) is 10.7. The lowest BCUT2D eigenvalue weighted by Crippen LogP contribution is -2.12. The molecule has 0 saturated heterocycles. The first-order valence-corrected chi connectivity index (χ1v) is 10.7. The Morgan fingerprint density at radius 3 is 2.40 bits per heavy atom. The fraction of sp³-hybridized carbons (Fsp3) is 0.120. The highest BCUT2D eigenvalue weighted by Crippen LogP contribution is 2.33. The summed E-state index contributed by atoms with van der Waals surface area (Å²) in [6, 6.07) is 24.3. The number of rotatable bonds is 7. The van der Waals surface area contributed by atoms with Gasteiger partial charge in [-0.3, -0.25) is 4.79 Å². The standard InChI is InChI=1S/C25H21FN2OS/c26-21-14-6-4-12-19(21)25-28-23(17-30-25)20-13-5-7-15-22(20)27-24(29)16-8-11-18-9-2-1-3-10-18/h1-7,9-10,12-15,17H,8,11,16H2,(H,27,29). The van der Waals surface area contributed by atoms with Gasteiger partial charge in [-0.2, -0.15) is 0 Å². The lowest BCUT2D eigenvalue weighted by atomic mass is 10.1. The average Bonchev–Trinajstić information content (AvgIpc) is 3.25. The first kappa shape index (κ1) is 20.0. The molecule has 0 aliphatic heterocycles. The number of anilines is 1. The minimum absolute atomic E-state index is 0.0251. The zero-order valence-corrected chi connectivity index (χ0v) is 17.2. The SMILES string of the molecule is O=C(CCCc1ccccc1)Nc1ccccc1-c1csc(-c2ccccc2F)n1. The molecule has 1 amide bonds. The summed E-state index contributed by atoms with van der Waals surface area (Å²) in [4.78, 5) is 17.1. The van der Waals surface area contributed by atoms with E-state index in [2.05, 4.69) is 22.4 Å². The lowest BCUT2D eigenvalue weighted by molar-refractivity contribution is -0.116. The zero-order chi connectivity index (χ0) is 20.8. The molecule has 0 unspecified atom stereocenters. The van der Waals surface area contributed by atoms with Gasteiger partial charge in [-0.15, -0.1) is 11.3 Å². The fourth-order valence-corrected chi connectivity index (χ4v) is 4.13. The van der Waals surface area contributed by atoms with E-state index >= 15 is 0 Å². The molecule has 4 rings (SSSR count). The summed E-state index contributed by atoms with van der Waals surface area (Å²) >= 11 is 1.39. The topological polar surface area (TPSA) is 42.0 Å². The van der Waals surface area contributed by atoms with Gasteiger partial charge in [0.25, 0.3) is 0 Å². The van der Waals surface area contributed by atoms with Gasteiger partial charge < -0.3 is 5.32 Å². The van der Waals surface area contributed by atoms with Gasteiger partial charge in [0.2, 0.25) is 5.91 Å². The van der Waals surface area contributed by atoms with Crippen LogP contribution in [0, 0.1) is 5.82 Å². The van der Waals surface area contributed by atoms with Gasteiger partial charge in [-0.05, 0) is 36.6 Å². The van der Waals surface area contributed by atoms with E-state index < -0.39 is 0 Å². The average molecular weight is 417 g/mol. The van der Waals surface area contributed by atoms with Crippen LogP contribution in [0.15, 0.2) is 84.2 Å². The number of aryl methyl sites for hydroxylation is 1. The summed E-state index contributed by atoms with van der Waals surface area (Å²) in [5.74, 6) is -0.318. The summed E-state index contributed by atoms with van der Waals surface area (Å²) < 4.78 is 14.1. The molecule has 0 aliphatic rings. The number of hydrogen-bond donors (Lipinski definition) is 1. The molecule has 3 aromatic carbocycles. The van der Waals surface area contributed by atoms with Crippen LogP contribution in [0.25, 0.3) is 21.8 Å². The van der Waals surface area contributed by atoms with Gasteiger partial charge >= 0.3 is 0 Å². The molecule has 0 radical (unpaired) electrons. The predicted octanol–water partition coefficient (Wildman–Crippen LogP) is 6.58. The molecule has 150 valence electrons. The number of para-hydroxylation sites is 1. The second-order valence-electron chi connectivity index (χ2n) is 6.95. The first-order chi connectivity index (χ1) is 14.7. The van der Waals surface area contributed by atoms with Gasteiger partial charge in [0.15, 0.2) is 0 Å². The number of benzene rings is 3. The van der Waals surface area contributed by atoms with E-state index in [4.69, 9.17) is 0 Å². The number of nitrogens with zero attached hydrogens (tertiary/aromatic N) is 1. The van der Waals surface area contributed by atoms with E-state index in [1.807, 2.05) is 47.8 Å². The van der Waals surface area contributed by atoms with E-state index in [1.165, 1.54) is 23.0 Å². The van der Waals surface area contributed by atoms with Crippen LogP contribution in [0.4, 0.5) is 10.1 Å².